The summed E-state index contributed by atoms with van der Waals surface area (Å²) in [4.78, 5) is 26.7. The predicted molar refractivity (Wildman–Crippen MR) is 73.6 cm³/mol. The summed E-state index contributed by atoms with van der Waals surface area (Å²) in [5, 5.41) is 5.84. The van der Waals surface area contributed by atoms with E-state index in [-0.39, 0.29) is 5.91 Å². The first-order valence-corrected chi connectivity index (χ1v) is 6.56. The van der Waals surface area contributed by atoms with Crippen LogP contribution in [0.15, 0.2) is 24.3 Å². The number of thiazole rings is 1. The van der Waals surface area contributed by atoms with Gasteiger partial charge in [0.1, 0.15) is 11.0 Å². The summed E-state index contributed by atoms with van der Waals surface area (Å²) in [6, 6.07) is 6.39. The molecule has 0 saturated carbocycles. The van der Waals surface area contributed by atoms with Gasteiger partial charge in [-0.3, -0.25) is 4.79 Å². The summed E-state index contributed by atoms with van der Waals surface area (Å²) in [5.74, 6) is -0.293. The fraction of sp³-hybridized carbons (Fsp3) is 0.250. The quantitative estimate of drug-likeness (QED) is 0.777. The van der Waals surface area contributed by atoms with Crippen LogP contribution >= 0.6 is 11.3 Å². The van der Waals surface area contributed by atoms with E-state index in [0.717, 1.165) is 15.2 Å². The molecule has 2 rings (SSSR count). The Hall–Kier alpha value is -2.15. The van der Waals surface area contributed by atoms with Crippen LogP contribution in [0, 0.1) is 0 Å². The van der Waals surface area contributed by atoms with Crippen molar-refractivity contribution in [2.75, 3.05) is 0 Å². The van der Waals surface area contributed by atoms with Gasteiger partial charge in [0.25, 0.3) is 0 Å². The monoisotopic (exact) mass is 278 g/mol. The number of urea groups is 1. The van der Waals surface area contributed by atoms with E-state index >= 15 is 0 Å². The number of aromatic nitrogens is 1. The second-order valence-electron chi connectivity index (χ2n) is 4.02. The van der Waals surface area contributed by atoms with Crippen LogP contribution in [0.3, 0.4) is 0 Å². The van der Waals surface area contributed by atoms with Crippen molar-refractivity contribution >= 4 is 33.5 Å². The van der Waals surface area contributed by atoms with Gasteiger partial charge in [-0.25, -0.2) is 9.78 Å². The normalized spacial score (nSPS) is 12.1. The van der Waals surface area contributed by atoms with Gasteiger partial charge >= 0.3 is 6.03 Å². The number of rotatable bonds is 4. The minimum Gasteiger partial charge on any atom is -0.352 e. The molecule has 0 bridgehead atoms. The van der Waals surface area contributed by atoms with Crippen molar-refractivity contribution in [2.24, 2.45) is 5.73 Å². The van der Waals surface area contributed by atoms with Crippen LogP contribution in [0.5, 0.6) is 0 Å². The molecule has 0 aliphatic rings. The molecule has 0 unspecified atom stereocenters. The molecular weight excluding hydrogens is 264 g/mol. The fourth-order valence-corrected chi connectivity index (χ4v) is 2.50. The summed E-state index contributed by atoms with van der Waals surface area (Å²) in [6.07, 6.45) is 0. The Kier molecular flexibility index (Phi) is 3.96. The lowest BCUT2D eigenvalue weighted by molar-refractivity contribution is -0.122. The van der Waals surface area contributed by atoms with E-state index in [0.29, 0.717) is 6.54 Å². The number of primary amides is 1. The topological polar surface area (TPSA) is 97.1 Å². The highest BCUT2D eigenvalue weighted by molar-refractivity contribution is 7.18. The van der Waals surface area contributed by atoms with Gasteiger partial charge in [-0.05, 0) is 19.1 Å². The molecule has 1 heterocycles. The van der Waals surface area contributed by atoms with Crippen LogP contribution < -0.4 is 16.4 Å². The van der Waals surface area contributed by atoms with Crippen LogP contribution in [-0.2, 0) is 11.3 Å². The van der Waals surface area contributed by atoms with E-state index < -0.39 is 12.1 Å². The number of hydrogen-bond donors (Lipinski definition) is 3. The van der Waals surface area contributed by atoms with E-state index in [9.17, 15) is 9.59 Å². The molecule has 4 N–H and O–H groups in total. The summed E-state index contributed by atoms with van der Waals surface area (Å²) in [5.41, 5.74) is 5.87. The number of hydrogen-bond acceptors (Lipinski definition) is 4. The smallest absolute Gasteiger partial charge is 0.312 e. The van der Waals surface area contributed by atoms with E-state index in [1.165, 1.54) is 11.3 Å². The number of benzene rings is 1. The largest absolute Gasteiger partial charge is 0.352 e. The standard InChI is InChI=1S/C12H14N4O2S/c1-7(15-12(13)18)11(17)14-6-10-16-8-4-2-3-5-9(8)19-10/h2-5,7H,6H2,1H3,(H,14,17)(H3,13,15,18)/t7-/m0/s1. The predicted octanol–water partition coefficient (Wildman–Crippen LogP) is 0.969. The summed E-state index contributed by atoms with van der Waals surface area (Å²) in [6.45, 7) is 1.90. The van der Waals surface area contributed by atoms with Crippen LogP contribution in [0.25, 0.3) is 10.2 Å². The molecular formula is C12H14N4O2S. The van der Waals surface area contributed by atoms with Gasteiger partial charge in [0.05, 0.1) is 16.8 Å². The lowest BCUT2D eigenvalue weighted by Gasteiger charge is -2.11. The molecule has 0 saturated heterocycles. The third kappa shape index (κ3) is 3.41. The number of nitrogens with two attached hydrogens (primary N) is 1. The van der Waals surface area contributed by atoms with E-state index in [4.69, 9.17) is 5.73 Å². The fourth-order valence-electron chi connectivity index (χ4n) is 1.59. The Balaban J connectivity index is 1.94. The molecule has 3 amide bonds. The van der Waals surface area contributed by atoms with Gasteiger partial charge in [-0.2, -0.15) is 0 Å². The Bertz CT molecular complexity index is 578. The Morgan fingerprint density at radius 2 is 2.16 bits per heavy atom. The maximum Gasteiger partial charge on any atom is 0.312 e. The highest BCUT2D eigenvalue weighted by Crippen LogP contribution is 2.21. The van der Waals surface area contributed by atoms with Crippen LogP contribution in [0.1, 0.15) is 11.9 Å². The molecule has 1 aromatic carbocycles. The molecule has 1 aromatic heterocycles. The zero-order chi connectivity index (χ0) is 13.8. The zero-order valence-electron chi connectivity index (χ0n) is 10.3. The van der Waals surface area contributed by atoms with Crippen molar-refractivity contribution in [3.8, 4) is 0 Å². The maximum atomic E-state index is 11.7. The second-order valence-corrected chi connectivity index (χ2v) is 5.14. The third-order valence-electron chi connectivity index (χ3n) is 2.50. The maximum absolute atomic E-state index is 11.7. The highest BCUT2D eigenvalue weighted by Gasteiger charge is 2.14. The van der Waals surface area contributed by atoms with Gasteiger partial charge < -0.3 is 16.4 Å². The van der Waals surface area contributed by atoms with Crippen molar-refractivity contribution in [1.29, 1.82) is 0 Å². The molecule has 0 fully saturated rings. The lowest BCUT2D eigenvalue weighted by Crippen LogP contribution is -2.46. The minimum absolute atomic E-state index is 0.293. The van der Waals surface area contributed by atoms with Gasteiger partial charge in [-0.15, -0.1) is 11.3 Å². The average molecular weight is 278 g/mol. The third-order valence-corrected chi connectivity index (χ3v) is 3.54. The molecule has 100 valence electrons. The van der Waals surface area contributed by atoms with E-state index in [1.807, 2.05) is 24.3 Å². The summed E-state index contributed by atoms with van der Waals surface area (Å²) >= 11 is 1.53. The zero-order valence-corrected chi connectivity index (χ0v) is 11.2. The van der Waals surface area contributed by atoms with Gasteiger partial charge in [-0.1, -0.05) is 12.1 Å². The molecule has 2 aromatic rings. The van der Waals surface area contributed by atoms with Crippen molar-refractivity contribution in [3.05, 3.63) is 29.3 Å². The lowest BCUT2D eigenvalue weighted by atomic mass is 10.3. The number of fused-ring (bicyclic) bond motifs is 1. The number of nitrogens with zero attached hydrogens (tertiary/aromatic N) is 1. The van der Waals surface area contributed by atoms with Crippen molar-refractivity contribution in [1.82, 2.24) is 15.6 Å². The number of carbonyl (C=O) groups excluding carboxylic acids is 2. The second kappa shape index (κ2) is 5.66. The van der Waals surface area contributed by atoms with Gasteiger partial charge in [0.2, 0.25) is 5.91 Å². The number of amides is 3. The number of carbonyl (C=O) groups is 2. The number of para-hydroxylation sites is 1. The number of nitrogens with one attached hydrogen (secondary N) is 2. The van der Waals surface area contributed by atoms with Crippen molar-refractivity contribution in [2.45, 2.75) is 19.5 Å². The Labute approximate surface area is 114 Å². The van der Waals surface area contributed by atoms with Crippen LogP contribution in [0.4, 0.5) is 4.79 Å². The van der Waals surface area contributed by atoms with E-state index in [1.54, 1.807) is 6.92 Å². The van der Waals surface area contributed by atoms with Crippen LogP contribution in [0.2, 0.25) is 0 Å². The molecule has 19 heavy (non-hydrogen) atoms. The molecule has 0 aliphatic carbocycles. The Morgan fingerprint density at radius 3 is 2.84 bits per heavy atom. The molecule has 6 nitrogen and oxygen atoms in total. The van der Waals surface area contributed by atoms with Crippen LogP contribution in [-0.4, -0.2) is 23.0 Å². The first-order chi connectivity index (χ1) is 9.06. The average Bonchev–Trinajstić information content (AvgIpc) is 2.77. The van der Waals surface area contributed by atoms with Crippen molar-refractivity contribution < 1.29 is 9.59 Å². The van der Waals surface area contributed by atoms with E-state index in [2.05, 4.69) is 15.6 Å². The molecule has 0 aliphatic heterocycles. The SMILES string of the molecule is C[C@H](NC(N)=O)C(=O)NCc1nc2ccccc2s1. The highest BCUT2D eigenvalue weighted by atomic mass is 32.1. The molecule has 0 spiro atoms. The van der Waals surface area contributed by atoms with Gasteiger partial charge in [0, 0.05) is 0 Å². The minimum atomic E-state index is -0.720. The van der Waals surface area contributed by atoms with Gasteiger partial charge in [0.15, 0.2) is 0 Å². The van der Waals surface area contributed by atoms with Crippen molar-refractivity contribution in [3.63, 3.8) is 0 Å². The summed E-state index contributed by atoms with van der Waals surface area (Å²) in [7, 11) is 0. The first kappa shape index (κ1) is 13.3. The molecule has 0 radical (unpaired) electrons. The first-order valence-electron chi connectivity index (χ1n) is 5.74. The Morgan fingerprint density at radius 1 is 1.42 bits per heavy atom. The molecule has 1 atom stereocenters. The summed E-state index contributed by atoms with van der Waals surface area (Å²) < 4.78 is 1.08. The molecule has 7 heteroatoms.